The van der Waals surface area contributed by atoms with Crippen molar-refractivity contribution >= 4 is 43.7 Å². The molecule has 1 aliphatic rings. The Bertz CT molecular complexity index is 996. The maximum atomic E-state index is 13.3. The number of hydrogen-bond donors (Lipinski definition) is 1. The van der Waals surface area contributed by atoms with E-state index in [9.17, 15) is 9.59 Å². The van der Waals surface area contributed by atoms with Gasteiger partial charge in [0.05, 0.1) is 4.47 Å². The van der Waals surface area contributed by atoms with E-state index < -0.39 is 6.04 Å². The molecular weight excluding hydrogens is 560 g/mol. The first kappa shape index (κ1) is 26.7. The summed E-state index contributed by atoms with van der Waals surface area (Å²) >= 11 is 7.02. The largest absolute Gasteiger partial charge is 0.483 e. The van der Waals surface area contributed by atoms with Crippen molar-refractivity contribution in [1.29, 1.82) is 0 Å². The van der Waals surface area contributed by atoms with E-state index in [2.05, 4.69) is 57.9 Å². The number of benzene rings is 2. The number of carbonyl (C=O) groups excluding carboxylic acids is 2. The van der Waals surface area contributed by atoms with Crippen molar-refractivity contribution in [1.82, 2.24) is 10.2 Å². The number of amides is 2. The van der Waals surface area contributed by atoms with Gasteiger partial charge in [-0.3, -0.25) is 9.59 Å². The van der Waals surface area contributed by atoms with Gasteiger partial charge in [-0.25, -0.2) is 0 Å². The average Bonchev–Trinajstić information content (AvgIpc) is 3.29. The summed E-state index contributed by atoms with van der Waals surface area (Å²) in [4.78, 5) is 27.9. The molecule has 0 spiro atoms. The molecule has 0 aliphatic heterocycles. The van der Waals surface area contributed by atoms with Crippen LogP contribution in [0, 0.1) is 0 Å². The molecule has 1 N–H and O–H groups in total. The maximum absolute atomic E-state index is 13.3. The minimum absolute atomic E-state index is 0.0143. The molecule has 1 saturated carbocycles. The van der Waals surface area contributed by atoms with Gasteiger partial charge in [0.1, 0.15) is 11.8 Å². The molecule has 0 aromatic heterocycles. The van der Waals surface area contributed by atoms with Gasteiger partial charge in [0.15, 0.2) is 6.61 Å². The molecule has 0 radical (unpaired) electrons. The summed E-state index contributed by atoms with van der Waals surface area (Å²) in [5.74, 6) is 0.255. The van der Waals surface area contributed by atoms with Crippen LogP contribution in [0.15, 0.2) is 51.4 Å². The summed E-state index contributed by atoms with van der Waals surface area (Å²) in [6, 6.07) is 13.3. The number of carbonyl (C=O) groups is 2. The third kappa shape index (κ3) is 7.32. The summed E-state index contributed by atoms with van der Waals surface area (Å²) in [5, 5.41) is 3.12. The zero-order chi connectivity index (χ0) is 24.9. The van der Waals surface area contributed by atoms with Gasteiger partial charge in [-0.2, -0.15) is 0 Å². The highest BCUT2D eigenvalue weighted by Gasteiger charge is 2.29. The van der Waals surface area contributed by atoms with E-state index in [1.165, 1.54) is 5.56 Å². The van der Waals surface area contributed by atoms with Crippen molar-refractivity contribution in [3.05, 3.63) is 62.5 Å². The minimum atomic E-state index is -0.605. The van der Waals surface area contributed by atoms with E-state index in [0.717, 1.165) is 40.2 Å². The number of nitrogens with zero attached hydrogens (tertiary/aromatic N) is 1. The molecule has 1 aliphatic carbocycles. The third-order valence-corrected chi connectivity index (χ3v) is 7.43. The normalized spacial score (nSPS) is 15.1. The third-order valence-electron chi connectivity index (χ3n) is 6.28. The van der Waals surface area contributed by atoms with Crippen molar-refractivity contribution in [3.8, 4) is 5.75 Å². The second-order valence-corrected chi connectivity index (χ2v) is 11.8. The molecule has 7 heteroatoms. The van der Waals surface area contributed by atoms with E-state index in [1.54, 1.807) is 11.8 Å². The van der Waals surface area contributed by atoms with Crippen molar-refractivity contribution in [2.75, 3.05) is 6.61 Å². The predicted octanol–water partition coefficient (Wildman–Crippen LogP) is 6.36. The van der Waals surface area contributed by atoms with Crippen molar-refractivity contribution in [2.24, 2.45) is 0 Å². The first-order chi connectivity index (χ1) is 16.0. The number of hydrogen-bond acceptors (Lipinski definition) is 3. The van der Waals surface area contributed by atoms with Crippen LogP contribution in [0.25, 0.3) is 0 Å². The highest BCUT2D eigenvalue weighted by atomic mass is 79.9. The molecular formula is C27H34Br2N2O3. The fourth-order valence-corrected chi connectivity index (χ4v) is 4.83. The van der Waals surface area contributed by atoms with Crippen LogP contribution < -0.4 is 10.1 Å². The van der Waals surface area contributed by atoms with Crippen LogP contribution in [0.1, 0.15) is 64.5 Å². The van der Waals surface area contributed by atoms with Gasteiger partial charge in [-0.15, -0.1) is 0 Å². The molecule has 2 amide bonds. The molecule has 0 saturated heterocycles. The standard InChI is InChI=1S/C27H34Br2N2O3/c1-18(26(33)30-22-7-5-6-8-22)31(16-19-9-12-21(28)13-10-19)25(32)17-34-24-14-11-20(15-23(24)29)27(2,3)4/h9-15,18,22H,5-8,16-17H2,1-4H3,(H,30,33)/t18-/m1/s1. The SMILES string of the molecule is C[C@H](C(=O)NC1CCCC1)N(Cc1ccc(Br)cc1)C(=O)COc1ccc(C(C)(C)C)cc1Br. The van der Waals surface area contributed by atoms with Crippen molar-refractivity contribution in [3.63, 3.8) is 0 Å². The van der Waals surface area contributed by atoms with Crippen LogP contribution in [-0.4, -0.2) is 35.4 Å². The van der Waals surface area contributed by atoms with E-state index in [0.29, 0.717) is 12.3 Å². The molecule has 3 rings (SSSR count). The maximum Gasteiger partial charge on any atom is 0.261 e. The molecule has 34 heavy (non-hydrogen) atoms. The molecule has 0 bridgehead atoms. The van der Waals surface area contributed by atoms with E-state index in [1.807, 2.05) is 42.5 Å². The van der Waals surface area contributed by atoms with Crippen LogP contribution in [0.4, 0.5) is 0 Å². The van der Waals surface area contributed by atoms with Gasteiger partial charge < -0.3 is 15.0 Å². The summed E-state index contributed by atoms with van der Waals surface area (Å²) in [5.41, 5.74) is 2.14. The molecule has 0 heterocycles. The van der Waals surface area contributed by atoms with Gasteiger partial charge in [-0.05, 0) is 76.5 Å². The fraction of sp³-hybridized carbons (Fsp3) is 0.481. The molecule has 2 aromatic carbocycles. The van der Waals surface area contributed by atoms with Gasteiger partial charge >= 0.3 is 0 Å². The topological polar surface area (TPSA) is 58.6 Å². The van der Waals surface area contributed by atoms with Crippen molar-refractivity contribution < 1.29 is 14.3 Å². The first-order valence-electron chi connectivity index (χ1n) is 11.8. The second-order valence-electron chi connectivity index (χ2n) is 10.00. The van der Waals surface area contributed by atoms with E-state index in [4.69, 9.17) is 4.74 Å². The number of nitrogens with one attached hydrogen (secondary N) is 1. The lowest BCUT2D eigenvalue weighted by molar-refractivity contribution is -0.142. The molecule has 1 atom stereocenters. The summed E-state index contributed by atoms with van der Waals surface area (Å²) in [6.45, 7) is 8.42. The summed E-state index contributed by atoms with van der Waals surface area (Å²) in [7, 11) is 0. The summed E-state index contributed by atoms with van der Waals surface area (Å²) < 4.78 is 7.66. The Morgan fingerprint density at radius 2 is 1.74 bits per heavy atom. The Kier molecular flexibility index (Phi) is 9.21. The monoisotopic (exact) mass is 592 g/mol. The lowest BCUT2D eigenvalue weighted by atomic mass is 9.87. The van der Waals surface area contributed by atoms with Crippen LogP contribution in [0.2, 0.25) is 0 Å². The zero-order valence-electron chi connectivity index (χ0n) is 20.4. The molecule has 0 unspecified atom stereocenters. The number of rotatable bonds is 8. The minimum Gasteiger partial charge on any atom is -0.483 e. The molecule has 2 aromatic rings. The first-order valence-corrected chi connectivity index (χ1v) is 13.4. The Labute approximate surface area is 219 Å². The Balaban J connectivity index is 1.72. The second kappa shape index (κ2) is 11.7. The molecule has 184 valence electrons. The number of ether oxygens (including phenoxy) is 1. The van der Waals surface area contributed by atoms with Crippen LogP contribution >= 0.6 is 31.9 Å². The molecule has 5 nitrogen and oxygen atoms in total. The van der Waals surface area contributed by atoms with Gasteiger partial charge in [0.2, 0.25) is 5.91 Å². The Morgan fingerprint density at radius 3 is 2.32 bits per heavy atom. The highest BCUT2D eigenvalue weighted by Crippen LogP contribution is 2.31. The Morgan fingerprint density at radius 1 is 1.09 bits per heavy atom. The van der Waals surface area contributed by atoms with E-state index >= 15 is 0 Å². The van der Waals surface area contributed by atoms with Crippen LogP contribution in [-0.2, 0) is 21.5 Å². The van der Waals surface area contributed by atoms with Gasteiger partial charge in [-0.1, -0.05) is 67.7 Å². The van der Waals surface area contributed by atoms with Crippen LogP contribution in [0.5, 0.6) is 5.75 Å². The van der Waals surface area contributed by atoms with E-state index in [-0.39, 0.29) is 29.9 Å². The fourth-order valence-electron chi connectivity index (χ4n) is 4.07. The van der Waals surface area contributed by atoms with Gasteiger partial charge in [0, 0.05) is 17.1 Å². The van der Waals surface area contributed by atoms with Gasteiger partial charge in [0.25, 0.3) is 5.91 Å². The average molecular weight is 594 g/mol. The molecule has 1 fully saturated rings. The lowest BCUT2D eigenvalue weighted by Crippen LogP contribution is -2.50. The van der Waals surface area contributed by atoms with Crippen LogP contribution in [0.3, 0.4) is 0 Å². The Hall–Kier alpha value is -1.86. The zero-order valence-corrected chi connectivity index (χ0v) is 23.5. The number of halogens is 2. The predicted molar refractivity (Wildman–Crippen MR) is 143 cm³/mol. The highest BCUT2D eigenvalue weighted by molar-refractivity contribution is 9.10. The quantitative estimate of drug-likeness (QED) is 0.387. The van der Waals surface area contributed by atoms with Crippen molar-refractivity contribution in [2.45, 2.75) is 77.4 Å². The smallest absolute Gasteiger partial charge is 0.261 e. The lowest BCUT2D eigenvalue weighted by Gasteiger charge is -2.30. The summed E-state index contributed by atoms with van der Waals surface area (Å²) in [6.07, 6.45) is 4.27.